The monoisotopic (exact) mass is 371 g/mol. The number of aromatic nitrogens is 2. The minimum atomic E-state index is 1.12. The van der Waals surface area contributed by atoms with Gasteiger partial charge in [-0.3, -0.25) is 0 Å². The maximum Gasteiger partial charge on any atom is 0.243 e. The molecule has 0 aromatic carbocycles. The number of imidazole rings is 1. The van der Waals surface area contributed by atoms with E-state index in [1.165, 1.54) is 83.6 Å². The van der Waals surface area contributed by atoms with Crippen LogP contribution in [0.1, 0.15) is 84.0 Å². The van der Waals surface area contributed by atoms with E-state index in [9.17, 15) is 0 Å². The zero-order valence-corrected chi connectivity index (χ0v) is 16.2. The highest BCUT2D eigenvalue weighted by Crippen LogP contribution is 2.10. The van der Waals surface area contributed by atoms with Crippen molar-refractivity contribution in [2.24, 2.45) is 0 Å². The van der Waals surface area contributed by atoms with Crippen LogP contribution in [0.3, 0.4) is 0 Å². The lowest BCUT2D eigenvalue weighted by Crippen LogP contribution is -2.30. The standard InChI is InChI=1S/C19H36BrN2/c1-2-3-4-5-6-7-8-9-10-12-15-21-17-18-22(19-21)16-13-11-14-20/h17-19H,2-16H2,1H3/q+1. The molecule has 0 saturated heterocycles. The van der Waals surface area contributed by atoms with E-state index in [0.29, 0.717) is 0 Å². The Kier molecular flexibility index (Phi) is 12.8. The fourth-order valence-corrected chi connectivity index (χ4v) is 3.27. The molecule has 128 valence electrons. The summed E-state index contributed by atoms with van der Waals surface area (Å²) in [5, 5.41) is 1.12. The fraction of sp³-hybridized carbons (Fsp3) is 0.842. The molecule has 0 saturated carbocycles. The van der Waals surface area contributed by atoms with E-state index in [4.69, 9.17) is 0 Å². The summed E-state index contributed by atoms with van der Waals surface area (Å²) in [6.45, 7) is 4.62. The molecular weight excluding hydrogens is 336 g/mol. The summed E-state index contributed by atoms with van der Waals surface area (Å²) in [6, 6.07) is 0. The summed E-state index contributed by atoms with van der Waals surface area (Å²) >= 11 is 3.49. The van der Waals surface area contributed by atoms with Crippen LogP contribution in [0.15, 0.2) is 18.7 Å². The number of unbranched alkanes of at least 4 members (excludes halogenated alkanes) is 10. The molecule has 0 fully saturated rings. The van der Waals surface area contributed by atoms with E-state index < -0.39 is 0 Å². The molecule has 0 radical (unpaired) electrons. The fourth-order valence-electron chi connectivity index (χ4n) is 2.87. The van der Waals surface area contributed by atoms with Gasteiger partial charge >= 0.3 is 0 Å². The molecular formula is C19H36BrN2+. The lowest BCUT2D eigenvalue weighted by atomic mass is 10.1. The summed E-state index contributed by atoms with van der Waals surface area (Å²) in [5.74, 6) is 0. The largest absolute Gasteiger partial charge is 0.243 e. The number of nitrogens with zero attached hydrogens (tertiary/aromatic N) is 2. The van der Waals surface area contributed by atoms with Crippen LogP contribution in [0.2, 0.25) is 0 Å². The van der Waals surface area contributed by atoms with Crippen LogP contribution in [0.25, 0.3) is 0 Å². The Hall–Kier alpha value is -0.310. The van der Waals surface area contributed by atoms with Gasteiger partial charge in [0.2, 0.25) is 6.33 Å². The Balaban J connectivity index is 1.92. The van der Waals surface area contributed by atoms with Gasteiger partial charge in [-0.2, -0.15) is 0 Å². The molecule has 0 amide bonds. The van der Waals surface area contributed by atoms with Crippen LogP contribution < -0.4 is 4.57 Å². The van der Waals surface area contributed by atoms with E-state index in [1.54, 1.807) is 0 Å². The zero-order valence-electron chi connectivity index (χ0n) is 14.6. The van der Waals surface area contributed by atoms with Gasteiger partial charge in [-0.1, -0.05) is 74.2 Å². The predicted molar refractivity (Wildman–Crippen MR) is 99.5 cm³/mol. The van der Waals surface area contributed by atoms with E-state index in [-0.39, 0.29) is 0 Å². The molecule has 1 aromatic heterocycles. The Morgan fingerprint density at radius 2 is 1.45 bits per heavy atom. The number of rotatable bonds is 15. The van der Waals surface area contributed by atoms with Crippen molar-refractivity contribution < 1.29 is 4.57 Å². The number of halogens is 1. The van der Waals surface area contributed by atoms with Gasteiger partial charge in [0.15, 0.2) is 0 Å². The molecule has 0 atom stereocenters. The molecule has 0 aliphatic heterocycles. The normalized spacial score (nSPS) is 11.2. The van der Waals surface area contributed by atoms with Crippen molar-refractivity contribution in [3.63, 3.8) is 0 Å². The molecule has 1 rings (SSSR count). The van der Waals surface area contributed by atoms with Crippen LogP contribution in [0, 0.1) is 0 Å². The Labute approximate surface area is 146 Å². The third-order valence-corrected chi connectivity index (χ3v) is 4.88. The van der Waals surface area contributed by atoms with Crippen LogP contribution >= 0.6 is 15.9 Å². The van der Waals surface area contributed by atoms with Gasteiger partial charge in [0, 0.05) is 5.33 Å². The Morgan fingerprint density at radius 3 is 2.09 bits per heavy atom. The van der Waals surface area contributed by atoms with E-state index in [2.05, 4.69) is 50.7 Å². The highest BCUT2D eigenvalue weighted by Gasteiger charge is 2.03. The number of aryl methyl sites for hydroxylation is 2. The summed E-state index contributed by atoms with van der Waals surface area (Å²) in [4.78, 5) is 0. The lowest BCUT2D eigenvalue weighted by Gasteiger charge is -2.01. The minimum Gasteiger partial charge on any atom is -0.237 e. The van der Waals surface area contributed by atoms with Gasteiger partial charge in [0.25, 0.3) is 0 Å². The number of hydrogen-bond donors (Lipinski definition) is 0. The molecule has 3 heteroatoms. The smallest absolute Gasteiger partial charge is 0.237 e. The van der Waals surface area contributed by atoms with Gasteiger partial charge in [-0.05, 0) is 25.7 Å². The molecule has 0 unspecified atom stereocenters. The molecule has 0 aliphatic rings. The molecule has 0 aliphatic carbocycles. The van der Waals surface area contributed by atoms with Crippen LogP contribution in [-0.2, 0) is 13.1 Å². The Morgan fingerprint density at radius 1 is 0.818 bits per heavy atom. The summed E-state index contributed by atoms with van der Waals surface area (Å²) in [7, 11) is 0. The van der Waals surface area contributed by atoms with E-state index in [1.807, 2.05) is 0 Å². The second-order valence-corrected chi connectivity index (χ2v) is 7.26. The topological polar surface area (TPSA) is 8.81 Å². The zero-order chi connectivity index (χ0) is 15.9. The second-order valence-electron chi connectivity index (χ2n) is 6.47. The van der Waals surface area contributed by atoms with Gasteiger partial charge in [-0.15, -0.1) is 0 Å². The average molecular weight is 372 g/mol. The average Bonchev–Trinajstić information content (AvgIpc) is 2.97. The Bertz CT molecular complexity index is 349. The highest BCUT2D eigenvalue weighted by molar-refractivity contribution is 9.09. The molecule has 1 heterocycles. The third-order valence-electron chi connectivity index (χ3n) is 4.32. The number of hydrogen-bond acceptors (Lipinski definition) is 0. The molecule has 1 aromatic rings. The van der Waals surface area contributed by atoms with Gasteiger partial charge in [0.1, 0.15) is 12.4 Å². The second kappa shape index (κ2) is 14.3. The molecule has 0 bridgehead atoms. The van der Waals surface area contributed by atoms with Crippen molar-refractivity contribution in [3.05, 3.63) is 18.7 Å². The third kappa shape index (κ3) is 10.4. The molecule has 0 N–H and O–H groups in total. The first kappa shape index (κ1) is 19.7. The van der Waals surface area contributed by atoms with Crippen molar-refractivity contribution in [2.45, 2.75) is 97.1 Å². The van der Waals surface area contributed by atoms with Crippen molar-refractivity contribution in [2.75, 3.05) is 5.33 Å². The summed E-state index contributed by atoms with van der Waals surface area (Å²) < 4.78 is 4.66. The summed E-state index contributed by atoms with van der Waals surface area (Å²) in [5.41, 5.74) is 0. The van der Waals surface area contributed by atoms with Gasteiger partial charge in [0.05, 0.1) is 13.1 Å². The van der Waals surface area contributed by atoms with E-state index in [0.717, 1.165) is 11.9 Å². The maximum absolute atomic E-state index is 3.49. The van der Waals surface area contributed by atoms with Crippen LogP contribution in [-0.4, -0.2) is 9.90 Å². The minimum absolute atomic E-state index is 1.12. The van der Waals surface area contributed by atoms with Crippen molar-refractivity contribution >= 4 is 15.9 Å². The highest BCUT2D eigenvalue weighted by atomic mass is 79.9. The molecule has 2 nitrogen and oxygen atoms in total. The van der Waals surface area contributed by atoms with Crippen LogP contribution in [0.4, 0.5) is 0 Å². The summed E-state index contributed by atoms with van der Waals surface area (Å²) in [6.07, 6.45) is 23.4. The van der Waals surface area contributed by atoms with Gasteiger partial charge in [-0.25, -0.2) is 9.13 Å². The van der Waals surface area contributed by atoms with Crippen molar-refractivity contribution in [1.29, 1.82) is 0 Å². The van der Waals surface area contributed by atoms with E-state index >= 15 is 0 Å². The maximum atomic E-state index is 3.49. The van der Waals surface area contributed by atoms with Crippen LogP contribution in [0.5, 0.6) is 0 Å². The SMILES string of the molecule is CCCCCCCCCCCC[n+]1ccn(CCCCBr)c1. The number of alkyl halides is 1. The first-order chi connectivity index (χ1) is 10.9. The quantitative estimate of drug-likeness (QED) is 0.207. The first-order valence-electron chi connectivity index (χ1n) is 9.47. The van der Waals surface area contributed by atoms with Crippen molar-refractivity contribution in [3.8, 4) is 0 Å². The van der Waals surface area contributed by atoms with Gasteiger partial charge < -0.3 is 0 Å². The lowest BCUT2D eigenvalue weighted by molar-refractivity contribution is -0.696. The molecule has 0 spiro atoms. The molecule has 22 heavy (non-hydrogen) atoms. The predicted octanol–water partition coefficient (Wildman–Crippen LogP) is 5.87. The first-order valence-corrected chi connectivity index (χ1v) is 10.6. The van der Waals surface area contributed by atoms with Crippen molar-refractivity contribution in [1.82, 2.24) is 4.57 Å².